The minimum atomic E-state index is 0.483. The molecule has 5 heteroatoms. The van der Waals surface area contributed by atoms with Gasteiger partial charge in [0, 0.05) is 44.0 Å². The molecule has 0 radical (unpaired) electrons. The summed E-state index contributed by atoms with van der Waals surface area (Å²) in [5.41, 5.74) is 2.43. The molecule has 25 heavy (non-hydrogen) atoms. The molecular formula is C20H23N5. The number of likely N-dealkylation sites (N-methyl/N-ethyl adjacent to an activating group) is 1. The van der Waals surface area contributed by atoms with E-state index in [1.165, 1.54) is 23.8 Å². The van der Waals surface area contributed by atoms with Crippen LogP contribution in [0.1, 0.15) is 18.4 Å². The third-order valence-corrected chi connectivity index (χ3v) is 5.09. The van der Waals surface area contributed by atoms with E-state index in [9.17, 15) is 0 Å². The molecule has 0 amide bonds. The number of hydrogen-bond donors (Lipinski definition) is 0. The maximum atomic E-state index is 4.48. The molecule has 5 nitrogen and oxygen atoms in total. The number of fused-ring (bicyclic) bond motifs is 1. The molecule has 128 valence electrons. The monoisotopic (exact) mass is 333 g/mol. The average Bonchev–Trinajstić information content (AvgIpc) is 2.69. The van der Waals surface area contributed by atoms with Crippen molar-refractivity contribution < 1.29 is 0 Å². The Morgan fingerprint density at radius 1 is 1.12 bits per heavy atom. The third-order valence-electron chi connectivity index (χ3n) is 5.09. The number of benzene rings is 1. The van der Waals surface area contributed by atoms with Gasteiger partial charge in [0.2, 0.25) is 0 Å². The summed E-state index contributed by atoms with van der Waals surface area (Å²) in [6.45, 7) is 3.17. The van der Waals surface area contributed by atoms with Crippen LogP contribution >= 0.6 is 0 Å². The molecule has 2 aromatic heterocycles. The van der Waals surface area contributed by atoms with Crippen molar-refractivity contribution >= 4 is 16.7 Å². The Kier molecular flexibility index (Phi) is 4.57. The van der Waals surface area contributed by atoms with E-state index in [0.29, 0.717) is 6.04 Å². The standard InChI is InChI=1S/C20H23N5/c1-24(20-9-10-21-15-23-20)17-5-4-12-25(14-17)13-16-8-11-22-19-7-3-2-6-18(16)19/h2-3,6-11,15,17H,4-5,12-14H2,1H3. The first-order valence-electron chi connectivity index (χ1n) is 8.85. The number of rotatable bonds is 4. The second-order valence-corrected chi connectivity index (χ2v) is 6.70. The number of hydrogen-bond acceptors (Lipinski definition) is 5. The van der Waals surface area contributed by atoms with Gasteiger partial charge in [-0.1, -0.05) is 18.2 Å². The van der Waals surface area contributed by atoms with Gasteiger partial charge in [0.1, 0.15) is 12.1 Å². The van der Waals surface area contributed by atoms with Crippen molar-refractivity contribution in [3.8, 4) is 0 Å². The average molecular weight is 333 g/mol. The summed E-state index contributed by atoms with van der Waals surface area (Å²) >= 11 is 0. The van der Waals surface area contributed by atoms with Crippen LogP contribution in [0.25, 0.3) is 10.9 Å². The number of pyridine rings is 1. The number of piperidine rings is 1. The van der Waals surface area contributed by atoms with E-state index in [1.807, 2.05) is 24.5 Å². The van der Waals surface area contributed by atoms with E-state index >= 15 is 0 Å². The van der Waals surface area contributed by atoms with Gasteiger partial charge in [-0.3, -0.25) is 9.88 Å². The molecule has 3 heterocycles. The van der Waals surface area contributed by atoms with E-state index in [0.717, 1.165) is 31.0 Å². The van der Waals surface area contributed by atoms with Gasteiger partial charge < -0.3 is 4.90 Å². The van der Waals surface area contributed by atoms with Crippen molar-refractivity contribution in [2.75, 3.05) is 25.0 Å². The van der Waals surface area contributed by atoms with E-state index in [1.54, 1.807) is 6.33 Å². The lowest BCUT2D eigenvalue weighted by Gasteiger charge is -2.38. The Morgan fingerprint density at radius 2 is 2.04 bits per heavy atom. The molecule has 4 rings (SSSR count). The molecule has 0 N–H and O–H groups in total. The van der Waals surface area contributed by atoms with E-state index in [4.69, 9.17) is 0 Å². The lowest BCUT2D eigenvalue weighted by molar-refractivity contribution is 0.199. The molecule has 0 bridgehead atoms. The second kappa shape index (κ2) is 7.15. The van der Waals surface area contributed by atoms with Crippen molar-refractivity contribution in [1.29, 1.82) is 0 Å². The summed E-state index contributed by atoms with van der Waals surface area (Å²) < 4.78 is 0. The molecule has 1 unspecified atom stereocenters. The number of anilines is 1. The number of nitrogens with zero attached hydrogens (tertiary/aromatic N) is 5. The van der Waals surface area contributed by atoms with Crippen LogP contribution in [0.2, 0.25) is 0 Å². The van der Waals surface area contributed by atoms with E-state index < -0.39 is 0 Å². The van der Waals surface area contributed by atoms with Crippen LogP contribution in [0.15, 0.2) is 55.1 Å². The highest BCUT2D eigenvalue weighted by atomic mass is 15.2. The molecular weight excluding hydrogens is 310 g/mol. The van der Waals surface area contributed by atoms with Crippen molar-refractivity contribution in [1.82, 2.24) is 19.9 Å². The highest BCUT2D eigenvalue weighted by Gasteiger charge is 2.24. The van der Waals surface area contributed by atoms with Crippen LogP contribution in [0, 0.1) is 0 Å². The fourth-order valence-corrected chi connectivity index (χ4v) is 3.70. The number of aromatic nitrogens is 3. The van der Waals surface area contributed by atoms with Crippen LogP contribution in [0.4, 0.5) is 5.82 Å². The Balaban J connectivity index is 1.50. The molecule has 3 aromatic rings. The summed E-state index contributed by atoms with van der Waals surface area (Å²) in [4.78, 5) is 17.7. The molecule has 1 saturated heterocycles. The molecule has 0 saturated carbocycles. The molecule has 1 aliphatic rings. The predicted molar refractivity (Wildman–Crippen MR) is 100 cm³/mol. The molecule has 1 aromatic carbocycles. The summed E-state index contributed by atoms with van der Waals surface area (Å²) in [5, 5.41) is 1.26. The Labute approximate surface area is 148 Å². The lowest BCUT2D eigenvalue weighted by atomic mass is 10.0. The van der Waals surface area contributed by atoms with Gasteiger partial charge in [0.05, 0.1) is 5.52 Å². The van der Waals surface area contributed by atoms with E-state index in [2.05, 4.69) is 56.1 Å². The summed E-state index contributed by atoms with van der Waals surface area (Å²) in [6.07, 6.45) is 7.77. The van der Waals surface area contributed by atoms with Crippen molar-refractivity contribution in [3.63, 3.8) is 0 Å². The highest BCUT2D eigenvalue weighted by molar-refractivity contribution is 5.81. The maximum Gasteiger partial charge on any atom is 0.131 e. The molecule has 0 aliphatic carbocycles. The SMILES string of the molecule is CN(c1ccncn1)C1CCCN(Cc2ccnc3ccccc23)C1. The van der Waals surface area contributed by atoms with Crippen LogP contribution in [0.5, 0.6) is 0 Å². The van der Waals surface area contributed by atoms with Crippen molar-refractivity contribution in [3.05, 3.63) is 60.7 Å². The quantitative estimate of drug-likeness (QED) is 0.734. The molecule has 1 fully saturated rings. The predicted octanol–water partition coefficient (Wildman–Crippen LogP) is 3.13. The largest absolute Gasteiger partial charge is 0.355 e. The molecule has 0 spiro atoms. The number of para-hydroxylation sites is 1. The first-order chi connectivity index (χ1) is 12.3. The lowest BCUT2D eigenvalue weighted by Crippen LogP contribution is -2.46. The van der Waals surface area contributed by atoms with Gasteiger partial charge >= 0.3 is 0 Å². The summed E-state index contributed by atoms with van der Waals surface area (Å²) in [6, 6.07) is 13.0. The zero-order valence-corrected chi connectivity index (χ0v) is 14.5. The van der Waals surface area contributed by atoms with Crippen LogP contribution in [-0.4, -0.2) is 46.0 Å². The second-order valence-electron chi connectivity index (χ2n) is 6.70. The van der Waals surface area contributed by atoms with Gasteiger partial charge in [-0.25, -0.2) is 9.97 Å². The first kappa shape index (κ1) is 16.0. The van der Waals surface area contributed by atoms with Gasteiger partial charge in [0.25, 0.3) is 0 Å². The topological polar surface area (TPSA) is 45.2 Å². The van der Waals surface area contributed by atoms with Crippen molar-refractivity contribution in [2.24, 2.45) is 0 Å². The van der Waals surface area contributed by atoms with Gasteiger partial charge in [-0.2, -0.15) is 0 Å². The van der Waals surface area contributed by atoms with Crippen LogP contribution in [0.3, 0.4) is 0 Å². The van der Waals surface area contributed by atoms with Crippen LogP contribution < -0.4 is 4.90 Å². The van der Waals surface area contributed by atoms with E-state index in [-0.39, 0.29) is 0 Å². The van der Waals surface area contributed by atoms with Crippen molar-refractivity contribution in [2.45, 2.75) is 25.4 Å². The van der Waals surface area contributed by atoms with Gasteiger partial charge in [-0.15, -0.1) is 0 Å². The van der Waals surface area contributed by atoms with Gasteiger partial charge in [-0.05, 0) is 43.1 Å². The Hall–Kier alpha value is -2.53. The zero-order valence-electron chi connectivity index (χ0n) is 14.5. The fraction of sp³-hybridized carbons (Fsp3) is 0.350. The summed E-state index contributed by atoms with van der Waals surface area (Å²) in [5.74, 6) is 0.996. The summed E-state index contributed by atoms with van der Waals surface area (Å²) in [7, 11) is 2.14. The number of likely N-dealkylation sites (tertiary alicyclic amines) is 1. The van der Waals surface area contributed by atoms with Crippen LogP contribution in [-0.2, 0) is 6.54 Å². The zero-order chi connectivity index (χ0) is 17.1. The first-order valence-corrected chi connectivity index (χ1v) is 8.85. The minimum absolute atomic E-state index is 0.483. The third kappa shape index (κ3) is 3.46. The minimum Gasteiger partial charge on any atom is -0.355 e. The molecule has 1 aliphatic heterocycles. The Bertz CT molecular complexity index is 830. The highest BCUT2D eigenvalue weighted by Crippen LogP contribution is 2.23. The fourth-order valence-electron chi connectivity index (χ4n) is 3.70. The Morgan fingerprint density at radius 3 is 2.92 bits per heavy atom. The maximum absolute atomic E-state index is 4.48. The van der Waals surface area contributed by atoms with Gasteiger partial charge in [0.15, 0.2) is 0 Å². The molecule has 1 atom stereocenters. The smallest absolute Gasteiger partial charge is 0.131 e. The normalized spacial score (nSPS) is 18.4.